The number of ether oxygens (including phenoxy) is 2. The van der Waals surface area contributed by atoms with E-state index >= 15 is 0 Å². The van der Waals surface area contributed by atoms with Gasteiger partial charge in [0.1, 0.15) is 17.3 Å². The van der Waals surface area contributed by atoms with E-state index in [2.05, 4.69) is 5.32 Å². The molecule has 0 bridgehead atoms. The number of methoxy groups -OCH3 is 1. The van der Waals surface area contributed by atoms with Gasteiger partial charge in [0.25, 0.3) is 5.91 Å². The molecular formula is C21H17NO5. The highest BCUT2D eigenvalue weighted by atomic mass is 16.5. The van der Waals surface area contributed by atoms with E-state index in [4.69, 9.17) is 13.9 Å². The van der Waals surface area contributed by atoms with Gasteiger partial charge in [-0.1, -0.05) is 12.1 Å². The molecule has 6 heteroatoms. The van der Waals surface area contributed by atoms with Crippen LogP contribution in [0.2, 0.25) is 0 Å². The average Bonchev–Trinajstić information content (AvgIpc) is 3.21. The van der Waals surface area contributed by atoms with Crippen molar-refractivity contribution in [1.29, 1.82) is 0 Å². The van der Waals surface area contributed by atoms with Gasteiger partial charge >= 0.3 is 5.97 Å². The van der Waals surface area contributed by atoms with Gasteiger partial charge < -0.3 is 19.2 Å². The quantitative estimate of drug-likeness (QED) is 0.404. The molecule has 136 valence electrons. The van der Waals surface area contributed by atoms with Crippen LogP contribution in [0.25, 0.3) is 6.08 Å². The summed E-state index contributed by atoms with van der Waals surface area (Å²) in [5.41, 5.74) is 0.996. The molecule has 1 N–H and O–H groups in total. The van der Waals surface area contributed by atoms with Gasteiger partial charge in [-0.3, -0.25) is 4.79 Å². The average molecular weight is 363 g/mol. The molecule has 0 atom stereocenters. The number of nitrogens with one attached hydrogen (secondary N) is 1. The van der Waals surface area contributed by atoms with Crippen LogP contribution < -0.4 is 14.8 Å². The first-order valence-corrected chi connectivity index (χ1v) is 8.13. The number of hydrogen-bond donors (Lipinski definition) is 1. The van der Waals surface area contributed by atoms with Gasteiger partial charge in [0, 0.05) is 11.8 Å². The number of para-hydroxylation sites is 1. The van der Waals surface area contributed by atoms with Gasteiger partial charge in [-0.25, -0.2) is 4.79 Å². The zero-order valence-electron chi connectivity index (χ0n) is 14.5. The van der Waals surface area contributed by atoms with E-state index in [1.54, 1.807) is 60.7 Å². The molecule has 0 spiro atoms. The van der Waals surface area contributed by atoms with E-state index in [9.17, 15) is 9.59 Å². The molecule has 0 aliphatic heterocycles. The first-order chi connectivity index (χ1) is 13.2. The Bertz CT molecular complexity index is 943. The molecule has 6 nitrogen and oxygen atoms in total. The molecule has 1 aromatic heterocycles. The second kappa shape index (κ2) is 8.53. The highest BCUT2D eigenvalue weighted by Crippen LogP contribution is 2.21. The number of hydrogen-bond acceptors (Lipinski definition) is 5. The smallest absolute Gasteiger partial charge is 0.336 e. The number of rotatable bonds is 6. The van der Waals surface area contributed by atoms with Gasteiger partial charge in [0.05, 0.1) is 18.9 Å². The third-order valence-corrected chi connectivity index (χ3v) is 3.61. The monoisotopic (exact) mass is 363 g/mol. The van der Waals surface area contributed by atoms with Crippen LogP contribution in [0.4, 0.5) is 5.69 Å². The van der Waals surface area contributed by atoms with Crippen molar-refractivity contribution in [2.75, 3.05) is 12.4 Å². The number of furan rings is 1. The molecule has 0 unspecified atom stereocenters. The first kappa shape index (κ1) is 18.0. The zero-order valence-corrected chi connectivity index (χ0v) is 14.5. The molecule has 0 saturated carbocycles. The van der Waals surface area contributed by atoms with E-state index in [0.29, 0.717) is 28.5 Å². The van der Waals surface area contributed by atoms with E-state index < -0.39 is 5.97 Å². The van der Waals surface area contributed by atoms with Gasteiger partial charge in [-0.05, 0) is 54.6 Å². The Balaban J connectivity index is 1.60. The molecule has 0 radical (unpaired) electrons. The molecular weight excluding hydrogens is 346 g/mol. The number of anilines is 1. The molecule has 0 fully saturated rings. The predicted molar refractivity (Wildman–Crippen MR) is 101 cm³/mol. The molecule has 0 saturated heterocycles. The molecule has 0 aliphatic rings. The van der Waals surface area contributed by atoms with Crippen molar-refractivity contribution in [3.63, 3.8) is 0 Å². The van der Waals surface area contributed by atoms with E-state index in [1.807, 2.05) is 0 Å². The fourth-order valence-electron chi connectivity index (χ4n) is 2.32. The summed E-state index contributed by atoms with van der Waals surface area (Å²) in [4.78, 5) is 24.2. The number of esters is 1. The lowest BCUT2D eigenvalue weighted by Gasteiger charge is -2.09. The summed E-state index contributed by atoms with van der Waals surface area (Å²) in [7, 11) is 1.51. The third-order valence-electron chi connectivity index (χ3n) is 3.61. The Hall–Kier alpha value is -3.80. The molecule has 0 aliphatic carbocycles. The van der Waals surface area contributed by atoms with Crippen LogP contribution in [0.1, 0.15) is 16.1 Å². The largest absolute Gasteiger partial charge is 0.496 e. The van der Waals surface area contributed by atoms with Gasteiger partial charge in [-0.15, -0.1) is 0 Å². The highest BCUT2D eigenvalue weighted by molar-refractivity contribution is 6.06. The summed E-state index contributed by atoms with van der Waals surface area (Å²) in [6, 6.07) is 16.9. The summed E-state index contributed by atoms with van der Waals surface area (Å²) in [6.07, 6.45) is 4.31. The van der Waals surface area contributed by atoms with Crippen molar-refractivity contribution in [2.24, 2.45) is 0 Å². The van der Waals surface area contributed by atoms with Crippen molar-refractivity contribution in [2.45, 2.75) is 0 Å². The van der Waals surface area contributed by atoms with Crippen LogP contribution >= 0.6 is 0 Å². The molecule has 3 rings (SSSR count). The minimum Gasteiger partial charge on any atom is -0.496 e. The molecule has 1 amide bonds. The zero-order chi connectivity index (χ0) is 19.1. The number of carbonyl (C=O) groups is 2. The normalized spacial score (nSPS) is 10.6. The van der Waals surface area contributed by atoms with Gasteiger partial charge in [-0.2, -0.15) is 0 Å². The predicted octanol–water partition coefficient (Wildman–Crippen LogP) is 4.16. The van der Waals surface area contributed by atoms with Crippen LogP contribution in [-0.4, -0.2) is 19.0 Å². The van der Waals surface area contributed by atoms with E-state index in [0.717, 1.165) is 0 Å². The van der Waals surface area contributed by atoms with Crippen molar-refractivity contribution >= 4 is 23.6 Å². The fourth-order valence-corrected chi connectivity index (χ4v) is 2.32. The Labute approximate surface area is 156 Å². The Kier molecular flexibility index (Phi) is 5.69. The van der Waals surface area contributed by atoms with Gasteiger partial charge in [0.15, 0.2) is 0 Å². The lowest BCUT2D eigenvalue weighted by molar-refractivity contribution is -0.128. The van der Waals surface area contributed by atoms with Crippen LogP contribution in [0.15, 0.2) is 77.4 Å². The van der Waals surface area contributed by atoms with E-state index in [1.165, 1.54) is 25.5 Å². The highest BCUT2D eigenvalue weighted by Gasteiger charge is 2.11. The standard InChI is InChI=1S/C21H17NO5/c1-25-19-7-3-2-6-18(19)21(24)22-15-8-10-17(11-9-15)27-20(23)13-12-16-5-4-14-26-16/h2-14H,1H3,(H,22,24)/b13-12+. The maximum absolute atomic E-state index is 12.4. The van der Waals surface area contributed by atoms with Crippen molar-refractivity contribution in [3.05, 3.63) is 84.3 Å². The summed E-state index contributed by atoms with van der Waals surface area (Å²) in [5.74, 6) is 0.584. The van der Waals surface area contributed by atoms with Crippen LogP contribution in [0, 0.1) is 0 Å². The number of benzene rings is 2. The summed E-state index contributed by atoms with van der Waals surface area (Å²) in [5, 5.41) is 2.77. The topological polar surface area (TPSA) is 77.8 Å². The van der Waals surface area contributed by atoms with Gasteiger partial charge in [0.2, 0.25) is 0 Å². The first-order valence-electron chi connectivity index (χ1n) is 8.13. The molecule has 3 aromatic rings. The summed E-state index contributed by atoms with van der Waals surface area (Å²) in [6.45, 7) is 0. The Morgan fingerprint density at radius 2 is 1.78 bits per heavy atom. The Morgan fingerprint density at radius 3 is 2.48 bits per heavy atom. The van der Waals surface area contributed by atoms with Crippen LogP contribution in [-0.2, 0) is 4.79 Å². The van der Waals surface area contributed by atoms with Crippen LogP contribution in [0.5, 0.6) is 11.5 Å². The van der Waals surface area contributed by atoms with E-state index in [-0.39, 0.29) is 5.91 Å². The van der Waals surface area contributed by atoms with Crippen molar-refractivity contribution in [1.82, 2.24) is 0 Å². The van der Waals surface area contributed by atoms with Crippen LogP contribution in [0.3, 0.4) is 0 Å². The third kappa shape index (κ3) is 4.85. The molecule has 1 heterocycles. The maximum atomic E-state index is 12.4. The minimum absolute atomic E-state index is 0.293. The summed E-state index contributed by atoms with van der Waals surface area (Å²) < 4.78 is 15.5. The number of amides is 1. The lowest BCUT2D eigenvalue weighted by atomic mass is 10.2. The second-order valence-electron chi connectivity index (χ2n) is 5.45. The minimum atomic E-state index is -0.530. The van der Waals surface area contributed by atoms with Crippen molar-refractivity contribution in [3.8, 4) is 11.5 Å². The second-order valence-corrected chi connectivity index (χ2v) is 5.45. The van der Waals surface area contributed by atoms with Crippen molar-refractivity contribution < 1.29 is 23.5 Å². The molecule has 27 heavy (non-hydrogen) atoms. The maximum Gasteiger partial charge on any atom is 0.336 e. The molecule has 2 aromatic carbocycles. The lowest BCUT2D eigenvalue weighted by Crippen LogP contribution is -2.13. The number of carbonyl (C=O) groups excluding carboxylic acids is 2. The summed E-state index contributed by atoms with van der Waals surface area (Å²) >= 11 is 0. The Morgan fingerprint density at radius 1 is 1.00 bits per heavy atom. The SMILES string of the molecule is COc1ccccc1C(=O)Nc1ccc(OC(=O)/C=C/c2ccco2)cc1. The fraction of sp³-hybridized carbons (Fsp3) is 0.0476.